The van der Waals surface area contributed by atoms with E-state index in [1.165, 1.54) is 5.56 Å². The molecule has 2 unspecified atom stereocenters. The summed E-state index contributed by atoms with van der Waals surface area (Å²) in [5.74, 6) is -0.389. The minimum absolute atomic E-state index is 0.0818. The van der Waals surface area contributed by atoms with Crippen molar-refractivity contribution < 1.29 is 14.7 Å². The molecule has 0 bridgehead atoms. The number of carboxylic acids is 1. The van der Waals surface area contributed by atoms with Crippen LogP contribution in [0.4, 0.5) is 0 Å². The van der Waals surface area contributed by atoms with Gasteiger partial charge in [-0.2, -0.15) is 0 Å². The summed E-state index contributed by atoms with van der Waals surface area (Å²) in [7, 11) is 0. The molecule has 0 aromatic heterocycles. The third-order valence-corrected chi connectivity index (χ3v) is 5.38. The summed E-state index contributed by atoms with van der Waals surface area (Å²) >= 11 is 3.42. The van der Waals surface area contributed by atoms with Crippen molar-refractivity contribution in [3.05, 3.63) is 34.3 Å². The molecule has 1 amide bonds. The number of hydrogen-bond donors (Lipinski definition) is 2. The largest absolute Gasteiger partial charge is 0.481 e. The SMILES string of the molecule is O=C(O)C1CCC(NC(=O)C2CC2c2ccc(Br)cc2)CC1. The molecule has 2 saturated carbocycles. The van der Waals surface area contributed by atoms with Crippen LogP contribution in [0.2, 0.25) is 0 Å². The second kappa shape index (κ2) is 6.41. The van der Waals surface area contributed by atoms with Gasteiger partial charge in [0.1, 0.15) is 0 Å². The Labute approximate surface area is 138 Å². The van der Waals surface area contributed by atoms with Gasteiger partial charge in [-0.3, -0.25) is 9.59 Å². The van der Waals surface area contributed by atoms with Crippen LogP contribution in [0.15, 0.2) is 28.7 Å². The van der Waals surface area contributed by atoms with E-state index in [4.69, 9.17) is 5.11 Å². The third-order valence-electron chi connectivity index (χ3n) is 4.85. The number of aliphatic carboxylic acids is 1. The Morgan fingerprint density at radius 3 is 2.32 bits per heavy atom. The molecule has 4 nitrogen and oxygen atoms in total. The minimum Gasteiger partial charge on any atom is -0.481 e. The Hall–Kier alpha value is -1.36. The van der Waals surface area contributed by atoms with E-state index in [0.29, 0.717) is 18.8 Å². The van der Waals surface area contributed by atoms with Crippen molar-refractivity contribution in [2.75, 3.05) is 0 Å². The molecule has 2 aliphatic rings. The van der Waals surface area contributed by atoms with Crippen LogP contribution in [0, 0.1) is 11.8 Å². The minimum atomic E-state index is -0.706. The second-order valence-corrected chi connectivity index (χ2v) is 7.31. The van der Waals surface area contributed by atoms with Crippen LogP contribution in [0.25, 0.3) is 0 Å². The Kier molecular flexibility index (Phi) is 4.52. The fraction of sp³-hybridized carbons (Fsp3) is 0.529. The topological polar surface area (TPSA) is 66.4 Å². The molecule has 1 aromatic rings. The number of hydrogen-bond acceptors (Lipinski definition) is 2. The number of rotatable bonds is 4. The van der Waals surface area contributed by atoms with Gasteiger partial charge in [0.25, 0.3) is 0 Å². The molecule has 0 radical (unpaired) electrons. The fourth-order valence-electron chi connectivity index (χ4n) is 3.36. The lowest BCUT2D eigenvalue weighted by Crippen LogP contribution is -2.39. The molecule has 1 aromatic carbocycles. The number of carbonyl (C=O) groups excluding carboxylic acids is 1. The number of carbonyl (C=O) groups is 2. The van der Waals surface area contributed by atoms with Crippen LogP contribution in [-0.4, -0.2) is 23.0 Å². The summed E-state index contributed by atoms with van der Waals surface area (Å²) in [5.41, 5.74) is 1.22. The maximum absolute atomic E-state index is 12.3. The van der Waals surface area contributed by atoms with E-state index in [-0.39, 0.29) is 23.8 Å². The molecule has 2 aliphatic carbocycles. The molecule has 5 heteroatoms. The van der Waals surface area contributed by atoms with E-state index < -0.39 is 5.97 Å². The van der Waals surface area contributed by atoms with Gasteiger partial charge in [0.2, 0.25) is 5.91 Å². The molecule has 0 spiro atoms. The summed E-state index contributed by atoms with van der Waals surface area (Å²) in [6.45, 7) is 0. The van der Waals surface area contributed by atoms with Crippen molar-refractivity contribution in [1.29, 1.82) is 0 Å². The average molecular weight is 366 g/mol. The van der Waals surface area contributed by atoms with Crippen LogP contribution in [-0.2, 0) is 9.59 Å². The quantitative estimate of drug-likeness (QED) is 0.859. The van der Waals surface area contributed by atoms with E-state index in [0.717, 1.165) is 23.7 Å². The van der Waals surface area contributed by atoms with Gasteiger partial charge in [-0.1, -0.05) is 28.1 Å². The molecule has 3 rings (SSSR count). The van der Waals surface area contributed by atoms with Crippen molar-refractivity contribution in [2.24, 2.45) is 11.8 Å². The molecule has 22 heavy (non-hydrogen) atoms. The Bertz CT molecular complexity index is 564. The molecule has 2 N–H and O–H groups in total. The molecule has 2 atom stereocenters. The summed E-state index contributed by atoms with van der Waals surface area (Å²) in [6.07, 6.45) is 3.80. The first-order valence-corrected chi connectivity index (χ1v) is 8.62. The van der Waals surface area contributed by atoms with Gasteiger partial charge in [-0.15, -0.1) is 0 Å². The van der Waals surface area contributed by atoms with E-state index >= 15 is 0 Å². The maximum Gasteiger partial charge on any atom is 0.306 e. The molecular weight excluding hydrogens is 346 g/mol. The first-order valence-electron chi connectivity index (χ1n) is 7.83. The van der Waals surface area contributed by atoms with Crippen molar-refractivity contribution in [2.45, 2.75) is 44.1 Å². The Morgan fingerprint density at radius 2 is 1.73 bits per heavy atom. The summed E-state index contributed by atoms with van der Waals surface area (Å²) in [6, 6.07) is 8.31. The van der Waals surface area contributed by atoms with Gasteiger partial charge < -0.3 is 10.4 Å². The van der Waals surface area contributed by atoms with E-state index in [2.05, 4.69) is 33.4 Å². The highest BCUT2D eigenvalue weighted by molar-refractivity contribution is 9.10. The normalized spacial score (nSPS) is 30.6. The lowest BCUT2D eigenvalue weighted by atomic mass is 9.86. The number of nitrogens with one attached hydrogen (secondary N) is 1. The summed E-state index contributed by atoms with van der Waals surface area (Å²) in [5, 5.41) is 12.1. The van der Waals surface area contributed by atoms with Crippen LogP contribution in [0.3, 0.4) is 0 Å². The molecule has 118 valence electrons. The average Bonchev–Trinajstić information content (AvgIpc) is 3.29. The highest BCUT2D eigenvalue weighted by Crippen LogP contribution is 2.47. The van der Waals surface area contributed by atoms with E-state index in [9.17, 15) is 9.59 Å². The monoisotopic (exact) mass is 365 g/mol. The predicted molar refractivity (Wildman–Crippen MR) is 86.5 cm³/mol. The second-order valence-electron chi connectivity index (χ2n) is 6.40. The van der Waals surface area contributed by atoms with Crippen LogP contribution < -0.4 is 5.32 Å². The van der Waals surface area contributed by atoms with Crippen molar-refractivity contribution in [3.63, 3.8) is 0 Å². The van der Waals surface area contributed by atoms with Crippen LogP contribution in [0.1, 0.15) is 43.6 Å². The lowest BCUT2D eigenvalue weighted by Gasteiger charge is -2.26. The number of benzene rings is 1. The Balaban J connectivity index is 1.48. The molecule has 0 saturated heterocycles. The Morgan fingerprint density at radius 1 is 1.09 bits per heavy atom. The van der Waals surface area contributed by atoms with Crippen LogP contribution in [0.5, 0.6) is 0 Å². The number of carboxylic acid groups (broad SMARTS) is 1. The zero-order valence-electron chi connectivity index (χ0n) is 12.3. The smallest absolute Gasteiger partial charge is 0.306 e. The molecule has 0 aliphatic heterocycles. The first-order chi connectivity index (χ1) is 10.5. The molecule has 0 heterocycles. The van der Waals surface area contributed by atoms with E-state index in [1.54, 1.807) is 0 Å². The van der Waals surface area contributed by atoms with Gasteiger partial charge in [-0.25, -0.2) is 0 Å². The van der Waals surface area contributed by atoms with Crippen molar-refractivity contribution in [3.8, 4) is 0 Å². The van der Waals surface area contributed by atoms with Gasteiger partial charge in [0.05, 0.1) is 5.92 Å². The lowest BCUT2D eigenvalue weighted by molar-refractivity contribution is -0.142. The maximum atomic E-state index is 12.3. The fourth-order valence-corrected chi connectivity index (χ4v) is 3.62. The standard InChI is InChI=1S/C17H20BrNO3/c18-12-5-1-10(2-6-12)14-9-15(14)16(20)19-13-7-3-11(4-8-13)17(21)22/h1-2,5-6,11,13-15H,3-4,7-9H2,(H,19,20)(H,21,22). The van der Waals surface area contributed by atoms with Crippen LogP contribution >= 0.6 is 15.9 Å². The number of amides is 1. The molecular formula is C17H20BrNO3. The predicted octanol–water partition coefficient (Wildman–Crippen LogP) is 3.31. The zero-order chi connectivity index (χ0) is 15.7. The third kappa shape index (κ3) is 3.51. The summed E-state index contributed by atoms with van der Waals surface area (Å²) in [4.78, 5) is 23.2. The first kappa shape index (κ1) is 15.5. The van der Waals surface area contributed by atoms with Crippen molar-refractivity contribution >= 4 is 27.8 Å². The van der Waals surface area contributed by atoms with Gasteiger partial charge in [-0.05, 0) is 55.7 Å². The van der Waals surface area contributed by atoms with Gasteiger partial charge in [0, 0.05) is 16.4 Å². The van der Waals surface area contributed by atoms with Gasteiger partial charge in [0.15, 0.2) is 0 Å². The highest BCUT2D eigenvalue weighted by atomic mass is 79.9. The zero-order valence-corrected chi connectivity index (χ0v) is 13.9. The van der Waals surface area contributed by atoms with Crippen molar-refractivity contribution in [1.82, 2.24) is 5.32 Å². The molecule has 2 fully saturated rings. The van der Waals surface area contributed by atoms with Gasteiger partial charge >= 0.3 is 5.97 Å². The highest BCUT2D eigenvalue weighted by Gasteiger charge is 2.44. The summed E-state index contributed by atoms with van der Waals surface area (Å²) < 4.78 is 1.05. The van der Waals surface area contributed by atoms with E-state index in [1.807, 2.05) is 12.1 Å². The number of halogens is 1.